The SMILES string of the molecule is CNc1ccc(-c2ccc(C(F)(F)F)cc2C)nn1. The minimum absolute atomic E-state index is 0.515. The van der Waals surface area contributed by atoms with Crippen LogP contribution in [0.2, 0.25) is 0 Å². The highest BCUT2D eigenvalue weighted by Gasteiger charge is 2.30. The van der Waals surface area contributed by atoms with Crippen LogP contribution >= 0.6 is 0 Å². The Morgan fingerprint density at radius 2 is 1.79 bits per heavy atom. The van der Waals surface area contributed by atoms with E-state index in [9.17, 15) is 13.2 Å². The number of alkyl halides is 3. The maximum atomic E-state index is 12.6. The Kier molecular flexibility index (Phi) is 3.42. The Bertz CT molecular complexity index is 577. The third-order valence-electron chi connectivity index (χ3n) is 2.75. The molecule has 0 radical (unpaired) electrons. The second-order valence-electron chi connectivity index (χ2n) is 4.08. The average molecular weight is 267 g/mol. The molecular formula is C13H12F3N3. The van der Waals surface area contributed by atoms with Gasteiger partial charge < -0.3 is 5.32 Å². The van der Waals surface area contributed by atoms with Gasteiger partial charge in [-0.05, 0) is 36.8 Å². The molecule has 0 amide bonds. The van der Waals surface area contributed by atoms with Gasteiger partial charge in [0.25, 0.3) is 0 Å². The van der Waals surface area contributed by atoms with Gasteiger partial charge in [-0.2, -0.15) is 13.2 Å². The monoisotopic (exact) mass is 267 g/mol. The molecule has 2 aromatic rings. The minimum Gasteiger partial charge on any atom is -0.372 e. The van der Waals surface area contributed by atoms with E-state index in [0.717, 1.165) is 12.1 Å². The molecule has 0 bridgehead atoms. The van der Waals surface area contributed by atoms with E-state index in [0.29, 0.717) is 22.6 Å². The number of rotatable bonds is 2. The molecule has 0 fully saturated rings. The first-order valence-electron chi connectivity index (χ1n) is 5.61. The summed E-state index contributed by atoms with van der Waals surface area (Å²) in [6.45, 7) is 1.62. The molecule has 100 valence electrons. The first-order valence-corrected chi connectivity index (χ1v) is 5.61. The van der Waals surface area contributed by atoms with Crippen molar-refractivity contribution in [3.05, 3.63) is 41.5 Å². The van der Waals surface area contributed by atoms with Crippen molar-refractivity contribution in [3.63, 3.8) is 0 Å². The summed E-state index contributed by atoms with van der Waals surface area (Å²) in [5.41, 5.74) is 1.04. The number of benzene rings is 1. The van der Waals surface area contributed by atoms with Crippen LogP contribution in [0.3, 0.4) is 0 Å². The molecular weight excluding hydrogens is 255 g/mol. The maximum absolute atomic E-state index is 12.6. The van der Waals surface area contributed by atoms with E-state index in [-0.39, 0.29) is 0 Å². The number of aromatic nitrogens is 2. The van der Waals surface area contributed by atoms with Crippen LogP contribution in [0.4, 0.5) is 19.0 Å². The van der Waals surface area contributed by atoms with Gasteiger partial charge in [-0.1, -0.05) is 6.07 Å². The number of aryl methyl sites for hydroxylation is 1. The highest BCUT2D eigenvalue weighted by Crippen LogP contribution is 2.32. The Morgan fingerprint density at radius 1 is 1.05 bits per heavy atom. The fourth-order valence-electron chi connectivity index (χ4n) is 1.74. The summed E-state index contributed by atoms with van der Waals surface area (Å²) in [5.74, 6) is 0.605. The molecule has 0 aliphatic carbocycles. The quantitative estimate of drug-likeness (QED) is 0.904. The van der Waals surface area contributed by atoms with E-state index in [4.69, 9.17) is 0 Å². The Morgan fingerprint density at radius 3 is 2.26 bits per heavy atom. The van der Waals surface area contributed by atoms with Crippen LogP contribution in [0.25, 0.3) is 11.3 Å². The second-order valence-corrected chi connectivity index (χ2v) is 4.08. The third kappa shape index (κ3) is 2.83. The van der Waals surface area contributed by atoms with Gasteiger partial charge in [0.15, 0.2) is 0 Å². The van der Waals surface area contributed by atoms with Crippen LogP contribution in [0.5, 0.6) is 0 Å². The van der Waals surface area contributed by atoms with Crippen molar-refractivity contribution in [2.45, 2.75) is 13.1 Å². The molecule has 6 heteroatoms. The standard InChI is InChI=1S/C13H12F3N3/c1-8-7-9(13(14,15)16)3-4-10(8)11-5-6-12(17-2)19-18-11/h3-7H,1-2H3,(H,17,19). The van der Waals surface area contributed by atoms with Crippen molar-refractivity contribution in [2.75, 3.05) is 12.4 Å². The molecule has 19 heavy (non-hydrogen) atoms. The van der Waals surface area contributed by atoms with E-state index in [1.165, 1.54) is 6.07 Å². The molecule has 0 spiro atoms. The normalized spacial score (nSPS) is 11.4. The largest absolute Gasteiger partial charge is 0.416 e. The molecule has 1 aromatic carbocycles. The van der Waals surface area contributed by atoms with Crippen LogP contribution in [-0.4, -0.2) is 17.2 Å². The van der Waals surface area contributed by atoms with Crippen LogP contribution in [0.1, 0.15) is 11.1 Å². The zero-order chi connectivity index (χ0) is 14.0. The highest BCUT2D eigenvalue weighted by molar-refractivity contribution is 5.64. The highest BCUT2D eigenvalue weighted by atomic mass is 19.4. The summed E-state index contributed by atoms with van der Waals surface area (Å²) < 4.78 is 37.7. The molecule has 3 nitrogen and oxygen atoms in total. The van der Waals surface area contributed by atoms with Gasteiger partial charge in [-0.25, -0.2) is 0 Å². The number of nitrogens with one attached hydrogen (secondary N) is 1. The molecule has 1 heterocycles. The number of nitrogens with zero attached hydrogens (tertiary/aromatic N) is 2. The average Bonchev–Trinajstić information content (AvgIpc) is 2.38. The summed E-state index contributed by atoms with van der Waals surface area (Å²) in [7, 11) is 1.72. The fourth-order valence-corrected chi connectivity index (χ4v) is 1.74. The molecule has 1 N–H and O–H groups in total. The van der Waals surface area contributed by atoms with Gasteiger partial charge in [0.2, 0.25) is 0 Å². The molecule has 0 aliphatic heterocycles. The fraction of sp³-hybridized carbons (Fsp3) is 0.231. The van der Waals surface area contributed by atoms with Gasteiger partial charge in [-0.15, -0.1) is 10.2 Å². The van der Waals surface area contributed by atoms with Crippen molar-refractivity contribution in [2.24, 2.45) is 0 Å². The summed E-state index contributed by atoms with van der Waals surface area (Å²) in [6, 6.07) is 7.02. The first-order chi connectivity index (χ1) is 8.91. The van der Waals surface area contributed by atoms with Crippen molar-refractivity contribution < 1.29 is 13.2 Å². The van der Waals surface area contributed by atoms with Gasteiger partial charge in [0, 0.05) is 12.6 Å². The van der Waals surface area contributed by atoms with E-state index >= 15 is 0 Å². The Balaban J connectivity index is 2.40. The van der Waals surface area contributed by atoms with Crippen LogP contribution in [0, 0.1) is 6.92 Å². The van der Waals surface area contributed by atoms with Crippen molar-refractivity contribution in [1.82, 2.24) is 10.2 Å². The predicted octanol–water partition coefficient (Wildman–Crippen LogP) is 3.51. The molecule has 0 unspecified atom stereocenters. The van der Waals surface area contributed by atoms with Gasteiger partial charge in [0.05, 0.1) is 11.3 Å². The van der Waals surface area contributed by atoms with E-state index in [2.05, 4.69) is 15.5 Å². The summed E-state index contributed by atoms with van der Waals surface area (Å²) in [4.78, 5) is 0. The topological polar surface area (TPSA) is 37.8 Å². The van der Waals surface area contributed by atoms with Crippen molar-refractivity contribution >= 4 is 5.82 Å². The zero-order valence-electron chi connectivity index (χ0n) is 10.4. The van der Waals surface area contributed by atoms with E-state index in [1.807, 2.05) is 0 Å². The smallest absolute Gasteiger partial charge is 0.372 e. The molecule has 0 saturated carbocycles. The van der Waals surface area contributed by atoms with Crippen molar-refractivity contribution in [1.29, 1.82) is 0 Å². The number of anilines is 1. The van der Waals surface area contributed by atoms with Crippen LogP contribution < -0.4 is 5.32 Å². The number of halogens is 3. The van der Waals surface area contributed by atoms with Gasteiger partial charge in [-0.3, -0.25) is 0 Å². The first kappa shape index (κ1) is 13.3. The number of hydrogen-bond acceptors (Lipinski definition) is 3. The lowest BCUT2D eigenvalue weighted by molar-refractivity contribution is -0.137. The van der Waals surface area contributed by atoms with Crippen LogP contribution in [-0.2, 0) is 6.18 Å². The lowest BCUT2D eigenvalue weighted by atomic mass is 10.0. The summed E-state index contributed by atoms with van der Waals surface area (Å²) >= 11 is 0. The molecule has 1 aromatic heterocycles. The summed E-state index contributed by atoms with van der Waals surface area (Å²) in [6.07, 6.45) is -4.33. The molecule has 0 atom stereocenters. The Labute approximate surface area is 108 Å². The van der Waals surface area contributed by atoms with Gasteiger partial charge >= 0.3 is 6.18 Å². The van der Waals surface area contributed by atoms with Crippen molar-refractivity contribution in [3.8, 4) is 11.3 Å². The third-order valence-corrected chi connectivity index (χ3v) is 2.75. The van der Waals surface area contributed by atoms with E-state index in [1.54, 1.807) is 26.1 Å². The second kappa shape index (κ2) is 4.87. The lowest BCUT2D eigenvalue weighted by Crippen LogP contribution is -2.05. The van der Waals surface area contributed by atoms with Crippen LogP contribution in [0.15, 0.2) is 30.3 Å². The predicted molar refractivity (Wildman–Crippen MR) is 66.8 cm³/mol. The lowest BCUT2D eigenvalue weighted by Gasteiger charge is -2.10. The Hall–Kier alpha value is -2.11. The minimum atomic E-state index is -4.33. The molecule has 0 saturated heterocycles. The maximum Gasteiger partial charge on any atom is 0.416 e. The zero-order valence-corrected chi connectivity index (χ0v) is 10.4. The molecule has 0 aliphatic rings. The molecule has 2 rings (SSSR count). The van der Waals surface area contributed by atoms with Gasteiger partial charge in [0.1, 0.15) is 5.82 Å². The number of hydrogen-bond donors (Lipinski definition) is 1. The van der Waals surface area contributed by atoms with E-state index < -0.39 is 11.7 Å². The summed E-state index contributed by atoms with van der Waals surface area (Å²) in [5, 5.41) is 10.7.